The van der Waals surface area contributed by atoms with Gasteiger partial charge in [0.25, 0.3) is 0 Å². The molecule has 1 aromatic carbocycles. The van der Waals surface area contributed by atoms with Gasteiger partial charge in [0.2, 0.25) is 11.8 Å². The SMILES string of the molecule is CC(=O)N(CCNC(=O)C(C)(C)C)CCc1ccccc1F. The highest BCUT2D eigenvalue weighted by Crippen LogP contribution is 2.12. The van der Waals surface area contributed by atoms with Crippen LogP contribution in [0.1, 0.15) is 33.3 Å². The van der Waals surface area contributed by atoms with Crippen LogP contribution in [0.3, 0.4) is 0 Å². The largest absolute Gasteiger partial charge is 0.354 e. The summed E-state index contributed by atoms with van der Waals surface area (Å²) in [4.78, 5) is 25.0. The van der Waals surface area contributed by atoms with Crippen LogP contribution in [-0.2, 0) is 16.0 Å². The number of hydrogen-bond donors (Lipinski definition) is 1. The summed E-state index contributed by atoms with van der Waals surface area (Å²) in [6.07, 6.45) is 0.458. The first-order chi connectivity index (χ1) is 10.2. The van der Waals surface area contributed by atoms with Gasteiger partial charge in [0, 0.05) is 32.0 Å². The van der Waals surface area contributed by atoms with E-state index in [-0.39, 0.29) is 17.6 Å². The Labute approximate surface area is 131 Å². The quantitative estimate of drug-likeness (QED) is 0.877. The third kappa shape index (κ3) is 5.84. The summed E-state index contributed by atoms with van der Waals surface area (Å²) < 4.78 is 13.6. The lowest BCUT2D eigenvalue weighted by Gasteiger charge is -2.23. The predicted molar refractivity (Wildman–Crippen MR) is 84.8 cm³/mol. The van der Waals surface area contributed by atoms with Gasteiger partial charge in [-0.05, 0) is 18.1 Å². The number of carbonyl (C=O) groups excluding carboxylic acids is 2. The number of nitrogens with zero attached hydrogens (tertiary/aromatic N) is 1. The fourth-order valence-corrected chi connectivity index (χ4v) is 1.95. The summed E-state index contributed by atoms with van der Waals surface area (Å²) >= 11 is 0. The summed E-state index contributed by atoms with van der Waals surface area (Å²) in [5.41, 5.74) is 0.140. The van der Waals surface area contributed by atoms with E-state index in [2.05, 4.69) is 5.32 Å². The molecule has 22 heavy (non-hydrogen) atoms. The molecule has 0 aromatic heterocycles. The van der Waals surface area contributed by atoms with Crippen LogP contribution in [0.4, 0.5) is 4.39 Å². The maximum atomic E-state index is 13.6. The van der Waals surface area contributed by atoms with Gasteiger partial charge in [0.15, 0.2) is 0 Å². The van der Waals surface area contributed by atoms with Gasteiger partial charge < -0.3 is 10.2 Å². The molecule has 0 aliphatic rings. The van der Waals surface area contributed by atoms with Gasteiger partial charge in [0.1, 0.15) is 5.82 Å². The number of nitrogens with one attached hydrogen (secondary N) is 1. The van der Waals surface area contributed by atoms with E-state index < -0.39 is 5.41 Å². The molecule has 122 valence electrons. The smallest absolute Gasteiger partial charge is 0.225 e. The van der Waals surface area contributed by atoms with Crippen molar-refractivity contribution in [2.45, 2.75) is 34.1 Å². The summed E-state index contributed by atoms with van der Waals surface area (Å²) in [7, 11) is 0. The molecule has 0 unspecified atom stereocenters. The molecule has 4 nitrogen and oxygen atoms in total. The van der Waals surface area contributed by atoms with E-state index in [1.54, 1.807) is 23.1 Å². The van der Waals surface area contributed by atoms with Crippen LogP contribution in [0.2, 0.25) is 0 Å². The standard InChI is InChI=1S/C17H25FN2O2/c1-13(21)20(12-10-19-16(22)17(2,3)4)11-9-14-7-5-6-8-15(14)18/h5-8H,9-12H2,1-4H3,(H,19,22). The van der Waals surface area contributed by atoms with Crippen molar-refractivity contribution in [3.63, 3.8) is 0 Å². The van der Waals surface area contributed by atoms with Crippen LogP contribution >= 0.6 is 0 Å². The Morgan fingerprint density at radius 3 is 2.36 bits per heavy atom. The molecule has 5 heteroatoms. The van der Waals surface area contributed by atoms with E-state index in [4.69, 9.17) is 0 Å². The Morgan fingerprint density at radius 2 is 1.82 bits per heavy atom. The number of halogens is 1. The van der Waals surface area contributed by atoms with Crippen molar-refractivity contribution in [1.82, 2.24) is 10.2 Å². The van der Waals surface area contributed by atoms with Crippen molar-refractivity contribution in [2.75, 3.05) is 19.6 Å². The lowest BCUT2D eigenvalue weighted by Crippen LogP contribution is -2.41. The summed E-state index contributed by atoms with van der Waals surface area (Å²) in [5, 5.41) is 2.81. The molecular formula is C17H25FN2O2. The van der Waals surface area contributed by atoms with E-state index in [1.807, 2.05) is 20.8 Å². The Balaban J connectivity index is 2.48. The molecule has 0 spiro atoms. The molecule has 0 radical (unpaired) electrons. The Kier molecular flexibility index (Phi) is 6.53. The molecule has 0 saturated heterocycles. The molecule has 0 aliphatic heterocycles. The zero-order chi connectivity index (χ0) is 16.8. The zero-order valence-corrected chi connectivity index (χ0v) is 13.8. The summed E-state index contributed by atoms with van der Waals surface area (Å²) in [5.74, 6) is -0.390. The molecule has 0 bridgehead atoms. The van der Waals surface area contributed by atoms with E-state index >= 15 is 0 Å². The minimum absolute atomic E-state index is 0.0508. The molecule has 0 saturated carbocycles. The summed E-state index contributed by atoms with van der Waals surface area (Å²) in [6, 6.07) is 6.55. The van der Waals surface area contributed by atoms with Gasteiger partial charge in [-0.1, -0.05) is 39.0 Å². The van der Waals surface area contributed by atoms with Crippen molar-refractivity contribution < 1.29 is 14.0 Å². The first-order valence-electron chi connectivity index (χ1n) is 7.49. The van der Waals surface area contributed by atoms with Crippen molar-refractivity contribution in [1.29, 1.82) is 0 Å². The van der Waals surface area contributed by atoms with Crippen LogP contribution in [0.5, 0.6) is 0 Å². The number of carbonyl (C=O) groups is 2. The molecule has 0 fully saturated rings. The van der Waals surface area contributed by atoms with Gasteiger partial charge in [-0.15, -0.1) is 0 Å². The summed E-state index contributed by atoms with van der Waals surface area (Å²) in [6.45, 7) is 8.24. The number of hydrogen-bond acceptors (Lipinski definition) is 2. The molecule has 0 heterocycles. The highest BCUT2D eigenvalue weighted by Gasteiger charge is 2.20. The minimum atomic E-state index is -0.450. The molecular weight excluding hydrogens is 283 g/mol. The molecule has 0 atom stereocenters. The van der Waals surface area contributed by atoms with Gasteiger partial charge in [0.05, 0.1) is 0 Å². The van der Waals surface area contributed by atoms with E-state index in [9.17, 15) is 14.0 Å². The number of benzene rings is 1. The average molecular weight is 308 g/mol. The average Bonchev–Trinajstić information content (AvgIpc) is 2.42. The molecule has 0 aliphatic carbocycles. The second kappa shape index (κ2) is 7.92. The zero-order valence-electron chi connectivity index (χ0n) is 13.8. The minimum Gasteiger partial charge on any atom is -0.354 e. The van der Waals surface area contributed by atoms with Crippen LogP contribution in [0, 0.1) is 11.2 Å². The third-order valence-corrected chi connectivity index (χ3v) is 3.40. The van der Waals surface area contributed by atoms with Crippen LogP contribution < -0.4 is 5.32 Å². The van der Waals surface area contributed by atoms with E-state index in [1.165, 1.54) is 13.0 Å². The number of rotatable bonds is 6. The van der Waals surface area contributed by atoms with Gasteiger partial charge >= 0.3 is 0 Å². The molecule has 2 amide bonds. The first-order valence-corrected chi connectivity index (χ1v) is 7.49. The fraction of sp³-hybridized carbons (Fsp3) is 0.529. The lowest BCUT2D eigenvalue weighted by molar-refractivity contribution is -0.131. The van der Waals surface area contributed by atoms with Gasteiger partial charge in [-0.2, -0.15) is 0 Å². The first kappa shape index (κ1) is 18.1. The third-order valence-electron chi connectivity index (χ3n) is 3.40. The van der Waals surface area contributed by atoms with Crippen LogP contribution in [0.25, 0.3) is 0 Å². The Bertz CT molecular complexity index is 524. The molecule has 1 rings (SSSR count). The normalized spacial score (nSPS) is 11.1. The van der Waals surface area contributed by atoms with Crippen LogP contribution in [-0.4, -0.2) is 36.3 Å². The van der Waals surface area contributed by atoms with Crippen molar-refractivity contribution in [2.24, 2.45) is 5.41 Å². The number of amides is 2. The van der Waals surface area contributed by atoms with Crippen molar-refractivity contribution >= 4 is 11.8 Å². The predicted octanol–water partition coefficient (Wildman–Crippen LogP) is 2.38. The second-order valence-corrected chi connectivity index (χ2v) is 6.35. The highest BCUT2D eigenvalue weighted by molar-refractivity contribution is 5.81. The van der Waals surface area contributed by atoms with Gasteiger partial charge in [-0.25, -0.2) is 4.39 Å². The van der Waals surface area contributed by atoms with E-state index in [0.717, 1.165) is 0 Å². The van der Waals surface area contributed by atoms with Crippen molar-refractivity contribution in [3.05, 3.63) is 35.6 Å². The second-order valence-electron chi connectivity index (χ2n) is 6.35. The molecule has 1 aromatic rings. The van der Waals surface area contributed by atoms with Gasteiger partial charge in [-0.3, -0.25) is 9.59 Å². The monoisotopic (exact) mass is 308 g/mol. The molecule has 1 N–H and O–H groups in total. The highest BCUT2D eigenvalue weighted by atomic mass is 19.1. The maximum absolute atomic E-state index is 13.6. The van der Waals surface area contributed by atoms with Crippen molar-refractivity contribution in [3.8, 4) is 0 Å². The fourth-order valence-electron chi connectivity index (χ4n) is 1.95. The Hall–Kier alpha value is -1.91. The topological polar surface area (TPSA) is 49.4 Å². The Morgan fingerprint density at radius 1 is 1.18 bits per heavy atom. The lowest BCUT2D eigenvalue weighted by atomic mass is 9.96. The van der Waals surface area contributed by atoms with E-state index in [0.29, 0.717) is 31.6 Å². The van der Waals surface area contributed by atoms with Crippen LogP contribution in [0.15, 0.2) is 24.3 Å². The maximum Gasteiger partial charge on any atom is 0.225 e.